The molecule has 0 aliphatic heterocycles. The smallest absolute Gasteiger partial charge is 0.168 e. The number of carbonyl (C=O) groups is 1. The number of fused-ring (bicyclic) bond motifs is 3. The van der Waals surface area contributed by atoms with Crippen LogP contribution in [0.4, 0.5) is 0 Å². The molecule has 2 aliphatic rings. The van der Waals surface area contributed by atoms with Crippen LogP contribution >= 0.6 is 0 Å². The molecule has 19 heavy (non-hydrogen) atoms. The highest BCUT2D eigenvalue weighted by molar-refractivity contribution is 6.00. The van der Waals surface area contributed by atoms with Crippen LogP contribution in [0.15, 0.2) is 48.8 Å². The number of hydrogen-bond donors (Lipinski definition) is 0. The largest absolute Gasteiger partial charge is 0.294 e. The molecule has 2 nitrogen and oxygen atoms in total. The minimum atomic E-state index is 0.188. The molecule has 2 aromatic rings. The summed E-state index contributed by atoms with van der Waals surface area (Å²) >= 11 is 0. The van der Waals surface area contributed by atoms with Crippen molar-refractivity contribution in [1.29, 1.82) is 0 Å². The Balaban J connectivity index is 1.66. The predicted molar refractivity (Wildman–Crippen MR) is 73.1 cm³/mol. The SMILES string of the molecule is O=C(c1cccnc1)C1C2CCc3ccccc3C21. The van der Waals surface area contributed by atoms with Gasteiger partial charge >= 0.3 is 0 Å². The molecule has 0 N–H and O–H groups in total. The van der Waals surface area contributed by atoms with Gasteiger partial charge in [0.25, 0.3) is 0 Å². The Hall–Kier alpha value is -1.96. The van der Waals surface area contributed by atoms with Crippen molar-refractivity contribution in [3.63, 3.8) is 0 Å². The highest BCUT2D eigenvalue weighted by Gasteiger charge is 2.56. The number of hydrogen-bond acceptors (Lipinski definition) is 2. The van der Waals surface area contributed by atoms with Gasteiger partial charge in [-0.25, -0.2) is 0 Å². The Labute approximate surface area is 112 Å². The quantitative estimate of drug-likeness (QED) is 0.765. The fourth-order valence-corrected chi connectivity index (χ4v) is 3.62. The Bertz CT molecular complexity index is 635. The van der Waals surface area contributed by atoms with Crippen molar-refractivity contribution < 1.29 is 4.79 Å². The summed E-state index contributed by atoms with van der Waals surface area (Å²) in [5.41, 5.74) is 3.60. The number of pyridine rings is 1. The summed E-state index contributed by atoms with van der Waals surface area (Å²) in [6.45, 7) is 0. The molecule has 2 aliphatic carbocycles. The standard InChI is InChI=1S/C17H15NO/c19-17(12-5-3-9-18-10-12)16-14-8-7-11-4-1-2-6-13(11)15(14)16/h1-6,9-10,14-16H,7-8H2. The van der Waals surface area contributed by atoms with Gasteiger partial charge in [0.15, 0.2) is 5.78 Å². The topological polar surface area (TPSA) is 30.0 Å². The molecule has 2 heteroatoms. The van der Waals surface area contributed by atoms with Gasteiger partial charge in [-0.3, -0.25) is 9.78 Å². The molecule has 0 amide bonds. The molecule has 94 valence electrons. The normalized spacial score (nSPS) is 27.3. The highest BCUT2D eigenvalue weighted by atomic mass is 16.1. The number of nitrogens with zero attached hydrogens (tertiary/aromatic N) is 1. The van der Waals surface area contributed by atoms with E-state index in [0.717, 1.165) is 18.4 Å². The zero-order valence-electron chi connectivity index (χ0n) is 10.6. The zero-order chi connectivity index (χ0) is 12.8. The fourth-order valence-electron chi connectivity index (χ4n) is 3.62. The number of aromatic nitrogens is 1. The lowest BCUT2D eigenvalue weighted by molar-refractivity contribution is 0.0959. The zero-order valence-corrected chi connectivity index (χ0v) is 10.6. The molecule has 1 saturated carbocycles. The minimum Gasteiger partial charge on any atom is -0.294 e. The van der Waals surface area contributed by atoms with Gasteiger partial charge in [-0.1, -0.05) is 24.3 Å². The van der Waals surface area contributed by atoms with Crippen molar-refractivity contribution in [3.05, 3.63) is 65.5 Å². The molecule has 1 aromatic carbocycles. The van der Waals surface area contributed by atoms with E-state index in [4.69, 9.17) is 0 Å². The van der Waals surface area contributed by atoms with Gasteiger partial charge in [0.05, 0.1) is 0 Å². The van der Waals surface area contributed by atoms with E-state index in [1.807, 2.05) is 12.1 Å². The Morgan fingerprint density at radius 3 is 2.89 bits per heavy atom. The fraction of sp³-hybridized carbons (Fsp3) is 0.294. The average Bonchev–Trinajstić information content (AvgIpc) is 3.22. The lowest BCUT2D eigenvalue weighted by Gasteiger charge is -2.13. The number of rotatable bonds is 2. The number of ketones is 1. The van der Waals surface area contributed by atoms with Crippen LogP contribution in [-0.2, 0) is 6.42 Å². The van der Waals surface area contributed by atoms with Crippen LogP contribution < -0.4 is 0 Å². The van der Waals surface area contributed by atoms with Gasteiger partial charge in [-0.2, -0.15) is 0 Å². The van der Waals surface area contributed by atoms with Crippen molar-refractivity contribution in [2.24, 2.45) is 11.8 Å². The summed E-state index contributed by atoms with van der Waals surface area (Å²) in [5, 5.41) is 0. The third-order valence-electron chi connectivity index (χ3n) is 4.58. The molecule has 0 spiro atoms. The molecule has 1 aromatic heterocycles. The number of carbonyl (C=O) groups excluding carboxylic acids is 1. The molecular weight excluding hydrogens is 234 g/mol. The van der Waals surface area contributed by atoms with Crippen LogP contribution in [0, 0.1) is 11.8 Å². The second-order valence-electron chi connectivity index (χ2n) is 5.56. The first-order chi connectivity index (χ1) is 9.36. The van der Waals surface area contributed by atoms with E-state index < -0.39 is 0 Å². The van der Waals surface area contributed by atoms with Crippen molar-refractivity contribution in [2.45, 2.75) is 18.8 Å². The predicted octanol–water partition coefficient (Wildman–Crippen LogP) is 3.24. The van der Waals surface area contributed by atoms with E-state index in [9.17, 15) is 4.79 Å². The Kier molecular flexibility index (Phi) is 2.31. The lowest BCUT2D eigenvalue weighted by atomic mass is 9.92. The first-order valence-electron chi connectivity index (χ1n) is 6.88. The number of benzene rings is 1. The summed E-state index contributed by atoms with van der Waals surface area (Å²) < 4.78 is 0. The molecule has 0 bridgehead atoms. The van der Waals surface area contributed by atoms with E-state index in [2.05, 4.69) is 29.2 Å². The lowest BCUT2D eigenvalue weighted by Crippen LogP contribution is -2.04. The van der Waals surface area contributed by atoms with Gasteiger partial charge < -0.3 is 0 Å². The molecule has 4 rings (SSSR count). The molecule has 1 heterocycles. The van der Waals surface area contributed by atoms with E-state index in [0.29, 0.717) is 11.8 Å². The molecule has 0 radical (unpaired) electrons. The number of aryl methyl sites for hydroxylation is 1. The molecule has 3 unspecified atom stereocenters. The van der Waals surface area contributed by atoms with Gasteiger partial charge in [0.2, 0.25) is 0 Å². The van der Waals surface area contributed by atoms with E-state index in [1.54, 1.807) is 12.4 Å². The molecular formula is C17H15NO. The first kappa shape index (κ1) is 10.9. The van der Waals surface area contributed by atoms with Crippen LogP contribution in [0.2, 0.25) is 0 Å². The third kappa shape index (κ3) is 1.63. The molecule has 3 atom stereocenters. The van der Waals surface area contributed by atoms with Crippen molar-refractivity contribution in [3.8, 4) is 0 Å². The molecule has 0 saturated heterocycles. The highest BCUT2D eigenvalue weighted by Crippen LogP contribution is 2.60. The Morgan fingerprint density at radius 2 is 2.05 bits per heavy atom. The third-order valence-corrected chi connectivity index (χ3v) is 4.58. The minimum absolute atomic E-state index is 0.188. The summed E-state index contributed by atoms with van der Waals surface area (Å²) in [6, 6.07) is 12.3. The van der Waals surface area contributed by atoms with Gasteiger partial charge in [0, 0.05) is 23.9 Å². The average molecular weight is 249 g/mol. The maximum Gasteiger partial charge on any atom is 0.168 e. The van der Waals surface area contributed by atoms with Crippen LogP contribution in [-0.4, -0.2) is 10.8 Å². The van der Waals surface area contributed by atoms with E-state index in [-0.39, 0.29) is 11.7 Å². The van der Waals surface area contributed by atoms with Crippen LogP contribution in [0.1, 0.15) is 33.8 Å². The van der Waals surface area contributed by atoms with E-state index in [1.165, 1.54) is 11.1 Å². The maximum atomic E-state index is 12.5. The van der Waals surface area contributed by atoms with Crippen molar-refractivity contribution >= 4 is 5.78 Å². The number of Topliss-reactive ketones (excluding diaryl/α,β-unsaturated/α-hetero) is 1. The second-order valence-corrected chi connectivity index (χ2v) is 5.56. The van der Waals surface area contributed by atoms with Crippen molar-refractivity contribution in [2.75, 3.05) is 0 Å². The van der Waals surface area contributed by atoms with Crippen LogP contribution in [0.5, 0.6) is 0 Å². The summed E-state index contributed by atoms with van der Waals surface area (Å²) in [5.74, 6) is 1.48. The van der Waals surface area contributed by atoms with Gasteiger partial charge in [0.1, 0.15) is 0 Å². The summed E-state index contributed by atoms with van der Waals surface area (Å²) in [6.07, 6.45) is 5.68. The van der Waals surface area contributed by atoms with E-state index >= 15 is 0 Å². The second kappa shape index (κ2) is 4.02. The molecule has 1 fully saturated rings. The van der Waals surface area contributed by atoms with Gasteiger partial charge in [-0.05, 0) is 47.9 Å². The van der Waals surface area contributed by atoms with Crippen LogP contribution in [0.3, 0.4) is 0 Å². The Morgan fingerprint density at radius 1 is 1.16 bits per heavy atom. The summed E-state index contributed by atoms with van der Waals surface area (Å²) in [4.78, 5) is 16.6. The monoisotopic (exact) mass is 249 g/mol. The first-order valence-corrected chi connectivity index (χ1v) is 6.88. The van der Waals surface area contributed by atoms with Gasteiger partial charge in [-0.15, -0.1) is 0 Å². The maximum absolute atomic E-state index is 12.5. The van der Waals surface area contributed by atoms with Crippen molar-refractivity contribution in [1.82, 2.24) is 4.98 Å². The van der Waals surface area contributed by atoms with Crippen LogP contribution in [0.25, 0.3) is 0 Å². The summed E-state index contributed by atoms with van der Waals surface area (Å²) in [7, 11) is 0.